The molecule has 0 saturated carbocycles. The van der Waals surface area contributed by atoms with Crippen molar-refractivity contribution in [2.24, 2.45) is 5.73 Å². The third-order valence-electron chi connectivity index (χ3n) is 4.39. The largest absolute Gasteiger partial charge is 0.481 e. The molecule has 5 nitrogen and oxygen atoms in total. The van der Waals surface area contributed by atoms with Crippen molar-refractivity contribution in [2.75, 3.05) is 25.2 Å². The molecule has 0 rings (SSSR count). The summed E-state index contributed by atoms with van der Waals surface area (Å²) in [5, 5.41) is 16.3. The second-order valence-electron chi connectivity index (χ2n) is 7.00. The van der Waals surface area contributed by atoms with Crippen molar-refractivity contribution in [2.45, 2.75) is 78.2 Å². The van der Waals surface area contributed by atoms with Crippen LogP contribution in [-0.4, -0.2) is 53.3 Å². The minimum atomic E-state index is -1.17. The van der Waals surface area contributed by atoms with E-state index in [1.54, 1.807) is 18.5 Å². The predicted molar refractivity (Wildman–Crippen MR) is 106 cm³/mol. The summed E-state index contributed by atoms with van der Waals surface area (Å²) in [5.41, 5.74) is 5.00. The molecule has 0 aromatic heterocycles. The van der Waals surface area contributed by atoms with E-state index >= 15 is 0 Å². The number of hydrogen-bond acceptors (Lipinski definition) is 3. The maximum atomic E-state index is 9.99. The molecule has 0 aliphatic heterocycles. The van der Waals surface area contributed by atoms with E-state index in [4.69, 9.17) is 15.9 Å². The fraction of sp³-hybridized carbons (Fsp3) is 0.889. The van der Waals surface area contributed by atoms with Crippen LogP contribution in [0.5, 0.6) is 0 Å². The third-order valence-corrected chi connectivity index (χ3v) is 9.07. The molecule has 0 radical (unpaired) electrons. The van der Waals surface area contributed by atoms with Gasteiger partial charge >= 0.3 is 104 Å². The zero-order chi connectivity index (χ0) is 19.0. The molecule has 0 saturated heterocycles. The SMILES string of the molecule is CCCC[PH](C)(CCCC)CCCC.NC(CCC(=O)O)C(=O)O. The van der Waals surface area contributed by atoms with Gasteiger partial charge in [-0.25, -0.2) is 0 Å². The number of nitrogens with two attached hydrogens (primary N) is 1. The number of aliphatic carboxylic acids is 2. The van der Waals surface area contributed by atoms with Crippen LogP contribution in [0, 0.1) is 0 Å². The summed E-state index contributed by atoms with van der Waals surface area (Å²) >= 11 is 0. The molecule has 0 fully saturated rings. The molecule has 0 bridgehead atoms. The van der Waals surface area contributed by atoms with E-state index in [-0.39, 0.29) is 12.8 Å². The van der Waals surface area contributed by atoms with E-state index in [0.717, 1.165) is 0 Å². The van der Waals surface area contributed by atoms with E-state index in [0.29, 0.717) is 0 Å². The van der Waals surface area contributed by atoms with Gasteiger partial charge in [-0.05, 0) is 6.42 Å². The van der Waals surface area contributed by atoms with Crippen LogP contribution in [0.4, 0.5) is 0 Å². The first-order valence-corrected chi connectivity index (χ1v) is 12.5. The molecule has 6 heteroatoms. The number of carboxylic acids is 2. The molecule has 0 aliphatic carbocycles. The van der Waals surface area contributed by atoms with Crippen LogP contribution < -0.4 is 5.73 Å². The fourth-order valence-electron chi connectivity index (χ4n) is 2.59. The molecule has 0 aromatic carbocycles. The Morgan fingerprint density at radius 1 is 0.917 bits per heavy atom. The van der Waals surface area contributed by atoms with Crippen molar-refractivity contribution in [3.8, 4) is 0 Å². The Kier molecular flexibility index (Phi) is 16.9. The smallest absolute Gasteiger partial charge is 0.320 e. The van der Waals surface area contributed by atoms with Gasteiger partial charge in [-0.2, -0.15) is 0 Å². The molecule has 0 amide bonds. The fourth-order valence-corrected chi connectivity index (χ4v) is 6.96. The molecular formula is C18H40NO4P. The average Bonchev–Trinajstić information content (AvgIpc) is 2.54. The van der Waals surface area contributed by atoms with Crippen LogP contribution in [-0.2, 0) is 9.59 Å². The van der Waals surface area contributed by atoms with Crippen molar-refractivity contribution in [3.05, 3.63) is 0 Å². The maximum absolute atomic E-state index is 9.99. The average molecular weight is 365 g/mol. The summed E-state index contributed by atoms with van der Waals surface area (Å²) in [5.74, 6) is -2.20. The summed E-state index contributed by atoms with van der Waals surface area (Å²) in [6.45, 7) is 9.63. The van der Waals surface area contributed by atoms with Crippen LogP contribution >= 0.6 is 7.26 Å². The Bertz CT molecular complexity index is 315. The van der Waals surface area contributed by atoms with Crippen LogP contribution in [0.1, 0.15) is 72.1 Å². The molecule has 0 spiro atoms. The van der Waals surface area contributed by atoms with Gasteiger partial charge in [-0.3, -0.25) is 9.59 Å². The summed E-state index contributed by atoms with van der Waals surface area (Å²) < 4.78 is 0. The Hall–Kier alpha value is -0.670. The predicted octanol–water partition coefficient (Wildman–Crippen LogP) is 4.03. The molecule has 0 heterocycles. The number of hydrogen-bond donors (Lipinski definition) is 3. The first-order chi connectivity index (χ1) is 11.2. The Morgan fingerprint density at radius 2 is 1.29 bits per heavy atom. The minimum absolute atomic E-state index is 0.0231. The molecule has 0 aliphatic rings. The molecule has 1 unspecified atom stereocenters. The second kappa shape index (κ2) is 15.8. The first-order valence-electron chi connectivity index (χ1n) is 9.42. The van der Waals surface area contributed by atoms with Gasteiger partial charge in [0.1, 0.15) is 6.04 Å². The van der Waals surface area contributed by atoms with Gasteiger partial charge in [0.05, 0.1) is 0 Å². The van der Waals surface area contributed by atoms with Crippen molar-refractivity contribution < 1.29 is 19.8 Å². The third kappa shape index (κ3) is 16.2. The van der Waals surface area contributed by atoms with Gasteiger partial charge in [0.2, 0.25) is 0 Å². The van der Waals surface area contributed by atoms with Gasteiger partial charge in [0.15, 0.2) is 0 Å². The normalized spacial score (nSPS) is 12.9. The van der Waals surface area contributed by atoms with Gasteiger partial charge in [-0.15, -0.1) is 0 Å². The van der Waals surface area contributed by atoms with E-state index in [9.17, 15) is 9.59 Å². The monoisotopic (exact) mass is 365 g/mol. The van der Waals surface area contributed by atoms with Crippen molar-refractivity contribution in [3.63, 3.8) is 0 Å². The topological polar surface area (TPSA) is 101 Å². The van der Waals surface area contributed by atoms with Crippen molar-refractivity contribution in [1.82, 2.24) is 0 Å². The number of unbranched alkanes of at least 4 members (excludes halogenated alkanes) is 3. The number of carbonyl (C=O) groups is 2. The molecule has 24 heavy (non-hydrogen) atoms. The quantitative estimate of drug-likeness (QED) is 0.428. The Morgan fingerprint density at radius 3 is 1.54 bits per heavy atom. The molecule has 1 atom stereocenters. The van der Waals surface area contributed by atoms with Gasteiger partial charge < -0.3 is 15.9 Å². The summed E-state index contributed by atoms with van der Waals surface area (Å²) in [6, 6.07) is -1.06. The Labute approximate surface area is 148 Å². The zero-order valence-electron chi connectivity index (χ0n) is 16.1. The minimum Gasteiger partial charge on any atom is -0.481 e. The molecular weight excluding hydrogens is 325 g/mol. The van der Waals surface area contributed by atoms with Crippen molar-refractivity contribution in [1.29, 1.82) is 0 Å². The molecule has 146 valence electrons. The molecule has 4 N–H and O–H groups in total. The van der Waals surface area contributed by atoms with Gasteiger partial charge in [0.25, 0.3) is 0 Å². The van der Waals surface area contributed by atoms with E-state index in [1.807, 2.05) is 0 Å². The first kappa shape index (κ1) is 25.6. The number of rotatable bonds is 13. The zero-order valence-corrected chi connectivity index (χ0v) is 17.1. The van der Waals surface area contributed by atoms with Crippen LogP contribution in [0.25, 0.3) is 0 Å². The second-order valence-corrected chi connectivity index (χ2v) is 12.1. The molecule has 0 aromatic rings. The summed E-state index contributed by atoms with van der Waals surface area (Å²) in [4.78, 5) is 19.9. The maximum Gasteiger partial charge on any atom is 0.320 e. The van der Waals surface area contributed by atoms with E-state index in [1.165, 1.54) is 38.5 Å². The van der Waals surface area contributed by atoms with Gasteiger partial charge in [0, 0.05) is 6.42 Å². The summed E-state index contributed by atoms with van der Waals surface area (Å²) in [6.07, 6.45) is 13.2. The van der Waals surface area contributed by atoms with E-state index < -0.39 is 25.2 Å². The standard InChI is InChI=1S/C13H31P.C5H9NO4/c1-5-8-11-14(4,12-9-6-2)13-10-7-3;6-3(5(9)10)1-2-4(7)8/h14H,5-13H2,1-4H3;3H,1-2,6H2,(H,7,8)(H,9,10). The van der Waals surface area contributed by atoms with E-state index in [2.05, 4.69) is 27.4 Å². The number of carboxylic acid groups (broad SMARTS) is 2. The Balaban J connectivity index is 0. The summed E-state index contributed by atoms with van der Waals surface area (Å²) in [7, 11) is -0.812. The van der Waals surface area contributed by atoms with Crippen LogP contribution in [0.2, 0.25) is 0 Å². The van der Waals surface area contributed by atoms with Crippen molar-refractivity contribution >= 4 is 19.2 Å². The van der Waals surface area contributed by atoms with Gasteiger partial charge in [-0.1, -0.05) is 0 Å². The van der Waals surface area contributed by atoms with Crippen LogP contribution in [0.15, 0.2) is 0 Å². The van der Waals surface area contributed by atoms with Crippen LogP contribution in [0.3, 0.4) is 0 Å².